The smallest absolute Gasteiger partial charge is 0.313 e. The molecule has 0 unspecified atom stereocenters. The van der Waals surface area contributed by atoms with Crippen LogP contribution in [0.25, 0.3) is 0 Å². The fourth-order valence-corrected chi connectivity index (χ4v) is 2.41. The second-order valence-corrected chi connectivity index (χ2v) is 5.84. The van der Waals surface area contributed by atoms with Crippen molar-refractivity contribution in [1.29, 1.82) is 0 Å². The third-order valence-electron chi connectivity index (χ3n) is 2.19. The minimum atomic E-state index is -4.30. The van der Waals surface area contributed by atoms with Crippen molar-refractivity contribution in [3.05, 3.63) is 27.8 Å². The molecule has 0 fully saturated rings. The average Bonchev–Trinajstić information content (AvgIpc) is 2.34. The highest BCUT2D eigenvalue weighted by atomic mass is 35.7. The van der Waals surface area contributed by atoms with Gasteiger partial charge in [0.15, 0.2) is 0 Å². The number of nitro benzene ring substituents is 1. The maximum Gasteiger partial charge on any atom is 0.313 e. The molecule has 0 atom stereocenters. The first-order valence-corrected chi connectivity index (χ1v) is 7.06. The number of methoxy groups -OCH3 is 1. The van der Waals surface area contributed by atoms with Gasteiger partial charge in [0.1, 0.15) is 4.90 Å². The molecule has 19 heavy (non-hydrogen) atoms. The van der Waals surface area contributed by atoms with E-state index in [1.807, 2.05) is 0 Å². The summed E-state index contributed by atoms with van der Waals surface area (Å²) in [5, 5.41) is 13.1. The number of benzene rings is 1. The number of ether oxygens (including phenoxy) is 1. The highest BCUT2D eigenvalue weighted by molar-refractivity contribution is 8.13. The second-order valence-electron chi connectivity index (χ2n) is 3.30. The van der Waals surface area contributed by atoms with Crippen LogP contribution in [0.1, 0.15) is 10.4 Å². The lowest BCUT2D eigenvalue weighted by atomic mass is 10.1. The van der Waals surface area contributed by atoms with Crippen molar-refractivity contribution in [3.8, 4) is 5.75 Å². The first kappa shape index (κ1) is 15.2. The summed E-state index contributed by atoms with van der Waals surface area (Å²) >= 11 is 0. The summed E-state index contributed by atoms with van der Waals surface area (Å²) in [7, 11) is 3.24. The summed E-state index contributed by atoms with van der Waals surface area (Å²) in [4.78, 5) is 20.8. The molecule has 1 aromatic rings. The summed E-state index contributed by atoms with van der Waals surface area (Å²) in [5.74, 6) is -1.21. The second kappa shape index (κ2) is 5.41. The monoisotopic (exact) mass is 308 g/mol. The molecular weight excluding hydrogens is 300 g/mol. The Kier molecular flexibility index (Phi) is 4.32. The lowest BCUT2D eigenvalue weighted by molar-refractivity contribution is -0.386. The van der Waals surface area contributed by atoms with Gasteiger partial charge in [-0.15, -0.1) is 0 Å². The van der Waals surface area contributed by atoms with E-state index in [0.29, 0.717) is 0 Å². The van der Waals surface area contributed by atoms with Crippen molar-refractivity contribution in [2.45, 2.75) is 4.90 Å². The number of nitrogens with one attached hydrogen (secondary N) is 1. The van der Waals surface area contributed by atoms with Crippen molar-refractivity contribution < 1.29 is 22.9 Å². The van der Waals surface area contributed by atoms with Gasteiger partial charge in [-0.05, 0) is 6.07 Å². The molecule has 1 rings (SSSR count). The van der Waals surface area contributed by atoms with Crippen LogP contribution < -0.4 is 10.1 Å². The Balaban J connectivity index is 3.74. The molecule has 0 radical (unpaired) electrons. The van der Waals surface area contributed by atoms with E-state index in [2.05, 4.69) is 5.32 Å². The molecular formula is C9H9ClN2O6S. The first-order valence-electron chi connectivity index (χ1n) is 4.75. The van der Waals surface area contributed by atoms with Gasteiger partial charge in [0, 0.05) is 29.4 Å². The summed E-state index contributed by atoms with van der Waals surface area (Å²) in [6.07, 6.45) is 0. The largest absolute Gasteiger partial charge is 0.489 e. The van der Waals surface area contributed by atoms with Gasteiger partial charge in [0.25, 0.3) is 15.0 Å². The Hall–Kier alpha value is -1.87. The molecule has 8 nitrogen and oxygen atoms in total. The van der Waals surface area contributed by atoms with Crippen molar-refractivity contribution in [2.24, 2.45) is 0 Å². The van der Waals surface area contributed by atoms with Gasteiger partial charge in [0.05, 0.1) is 12.0 Å². The molecule has 104 valence electrons. The van der Waals surface area contributed by atoms with E-state index in [1.165, 1.54) is 7.05 Å². The molecule has 1 amide bonds. The number of rotatable bonds is 4. The Morgan fingerprint density at radius 1 is 1.47 bits per heavy atom. The maximum absolute atomic E-state index is 11.5. The van der Waals surface area contributed by atoms with Crippen LogP contribution in [0.5, 0.6) is 5.75 Å². The molecule has 10 heteroatoms. The third-order valence-corrected chi connectivity index (χ3v) is 3.52. The molecule has 0 aromatic heterocycles. The van der Waals surface area contributed by atoms with Crippen molar-refractivity contribution in [3.63, 3.8) is 0 Å². The third kappa shape index (κ3) is 3.12. The number of nitrogens with zero attached hydrogens (tertiary/aromatic N) is 1. The summed E-state index contributed by atoms with van der Waals surface area (Å²) in [6.45, 7) is 0. The number of nitro groups is 1. The van der Waals surface area contributed by atoms with E-state index in [-0.39, 0.29) is 5.56 Å². The van der Waals surface area contributed by atoms with E-state index < -0.39 is 36.2 Å². The zero-order valence-corrected chi connectivity index (χ0v) is 11.4. The van der Waals surface area contributed by atoms with E-state index in [0.717, 1.165) is 19.2 Å². The van der Waals surface area contributed by atoms with Crippen LogP contribution in [-0.4, -0.2) is 33.4 Å². The van der Waals surface area contributed by atoms with Crippen LogP contribution >= 0.6 is 10.7 Å². The van der Waals surface area contributed by atoms with Crippen LogP contribution in [0.2, 0.25) is 0 Å². The van der Waals surface area contributed by atoms with Gasteiger partial charge >= 0.3 is 5.69 Å². The SMILES string of the molecule is CNC(=O)c1cc([N+](=O)[O-])c(OC)c(S(=O)(=O)Cl)c1. The van der Waals surface area contributed by atoms with E-state index in [9.17, 15) is 23.3 Å². The lowest BCUT2D eigenvalue weighted by Gasteiger charge is -2.08. The summed E-state index contributed by atoms with van der Waals surface area (Å²) in [5.41, 5.74) is -0.878. The predicted octanol–water partition coefficient (Wildman–Crippen LogP) is 0.891. The molecule has 0 bridgehead atoms. The summed E-state index contributed by atoms with van der Waals surface area (Å²) in [6, 6.07) is 1.82. The van der Waals surface area contributed by atoms with Gasteiger partial charge in [-0.3, -0.25) is 14.9 Å². The normalized spacial score (nSPS) is 10.9. The minimum absolute atomic E-state index is 0.214. The van der Waals surface area contributed by atoms with E-state index in [1.54, 1.807) is 0 Å². The van der Waals surface area contributed by atoms with Gasteiger partial charge < -0.3 is 10.1 Å². The topological polar surface area (TPSA) is 116 Å². The van der Waals surface area contributed by atoms with Crippen molar-refractivity contribution in [2.75, 3.05) is 14.2 Å². The van der Waals surface area contributed by atoms with Gasteiger partial charge in [-0.25, -0.2) is 8.42 Å². The van der Waals surface area contributed by atoms with Crippen LogP contribution in [0.4, 0.5) is 5.69 Å². The zero-order chi connectivity index (χ0) is 14.8. The fraction of sp³-hybridized carbons (Fsp3) is 0.222. The van der Waals surface area contributed by atoms with Crippen LogP contribution in [0, 0.1) is 10.1 Å². The molecule has 0 aliphatic heterocycles. The summed E-state index contributed by atoms with van der Waals surface area (Å²) < 4.78 is 27.5. The average molecular weight is 309 g/mol. The fourth-order valence-electron chi connectivity index (χ4n) is 1.38. The number of halogens is 1. The van der Waals surface area contributed by atoms with Crippen molar-refractivity contribution >= 4 is 31.3 Å². The highest BCUT2D eigenvalue weighted by Gasteiger charge is 2.28. The number of carbonyl (C=O) groups is 1. The van der Waals surface area contributed by atoms with Gasteiger partial charge in [-0.2, -0.15) is 0 Å². The zero-order valence-electron chi connectivity index (χ0n) is 9.84. The van der Waals surface area contributed by atoms with Gasteiger partial charge in [-0.1, -0.05) is 0 Å². The Bertz CT molecular complexity index is 642. The van der Waals surface area contributed by atoms with Crippen molar-refractivity contribution in [1.82, 2.24) is 5.32 Å². The number of carbonyl (C=O) groups excluding carboxylic acids is 1. The molecule has 0 spiro atoms. The molecule has 1 N–H and O–H groups in total. The Labute approximate surface area is 112 Å². The number of hydrogen-bond acceptors (Lipinski definition) is 6. The molecule has 0 aliphatic carbocycles. The number of hydrogen-bond donors (Lipinski definition) is 1. The highest BCUT2D eigenvalue weighted by Crippen LogP contribution is 2.36. The standard InChI is InChI=1S/C9H9ClN2O6S/c1-11-9(13)5-3-6(12(14)15)8(18-2)7(4-5)19(10,16)17/h3-4H,1-2H3,(H,11,13). The quantitative estimate of drug-likeness (QED) is 0.501. The number of amides is 1. The van der Waals surface area contributed by atoms with Crippen LogP contribution in [-0.2, 0) is 9.05 Å². The first-order chi connectivity index (χ1) is 8.72. The van der Waals surface area contributed by atoms with E-state index in [4.69, 9.17) is 15.4 Å². The molecule has 0 saturated heterocycles. The Morgan fingerprint density at radius 3 is 2.42 bits per heavy atom. The van der Waals surface area contributed by atoms with E-state index >= 15 is 0 Å². The maximum atomic E-state index is 11.5. The Morgan fingerprint density at radius 2 is 2.05 bits per heavy atom. The minimum Gasteiger partial charge on any atom is -0.489 e. The molecule has 1 aromatic carbocycles. The van der Waals surface area contributed by atoms with Gasteiger partial charge in [0.2, 0.25) is 5.75 Å². The lowest BCUT2D eigenvalue weighted by Crippen LogP contribution is -2.18. The van der Waals surface area contributed by atoms with Crippen LogP contribution in [0.3, 0.4) is 0 Å². The molecule has 0 saturated carbocycles. The molecule has 0 heterocycles. The predicted molar refractivity (Wildman–Crippen MR) is 66.1 cm³/mol. The molecule has 0 aliphatic rings. The van der Waals surface area contributed by atoms with Crippen LogP contribution in [0.15, 0.2) is 17.0 Å².